The molecule has 8 nitrogen and oxygen atoms in total. The highest BCUT2D eigenvalue weighted by atomic mass is 32.2. The highest BCUT2D eigenvalue weighted by Crippen LogP contribution is 2.40. The normalized spacial score (nSPS) is 23.5. The number of pyridine rings is 1. The standard InChI is InChI=1S/C24H30N4O4S/c29-22-12-11-21(26-24(30)25-19-7-3-1-4-8-19)23-18-13-17(15-28(22)23)14-27(16-18)33(31,32)20-9-5-2-6-10-20/h2,5-6,9-12,17-19H,1,3-4,7-8,13-16H2,(H2,25,26,30)/t17-,18-/m1/s1. The number of fused-ring (bicyclic) bond motifs is 4. The summed E-state index contributed by atoms with van der Waals surface area (Å²) in [7, 11) is -3.63. The van der Waals surface area contributed by atoms with Crippen molar-refractivity contribution in [3.8, 4) is 0 Å². The predicted molar refractivity (Wildman–Crippen MR) is 126 cm³/mol. The van der Waals surface area contributed by atoms with Crippen molar-refractivity contribution in [2.75, 3.05) is 18.4 Å². The maximum Gasteiger partial charge on any atom is 0.319 e. The number of amides is 2. The molecule has 2 aromatic rings. The smallest absolute Gasteiger partial charge is 0.319 e. The second-order valence-corrected chi connectivity index (χ2v) is 11.4. The van der Waals surface area contributed by atoms with E-state index in [1.165, 1.54) is 16.8 Å². The van der Waals surface area contributed by atoms with E-state index in [1.807, 2.05) is 0 Å². The fourth-order valence-electron chi connectivity index (χ4n) is 5.61. The molecule has 1 aliphatic carbocycles. The molecule has 2 atom stereocenters. The van der Waals surface area contributed by atoms with Crippen LogP contribution in [-0.2, 0) is 16.6 Å². The minimum Gasteiger partial charge on any atom is -0.335 e. The summed E-state index contributed by atoms with van der Waals surface area (Å²) in [6, 6.07) is 11.5. The van der Waals surface area contributed by atoms with Gasteiger partial charge >= 0.3 is 6.03 Å². The fourth-order valence-corrected chi connectivity index (χ4v) is 7.19. The molecule has 2 amide bonds. The molecule has 3 aliphatic rings. The van der Waals surface area contributed by atoms with Gasteiger partial charge in [0.15, 0.2) is 0 Å². The molecule has 3 heterocycles. The van der Waals surface area contributed by atoms with Crippen LogP contribution in [0.25, 0.3) is 0 Å². The molecule has 1 saturated carbocycles. The van der Waals surface area contributed by atoms with E-state index < -0.39 is 10.0 Å². The van der Waals surface area contributed by atoms with E-state index >= 15 is 0 Å². The summed E-state index contributed by atoms with van der Waals surface area (Å²) >= 11 is 0. The number of carbonyl (C=O) groups is 1. The number of nitrogens with one attached hydrogen (secondary N) is 2. The van der Waals surface area contributed by atoms with Crippen LogP contribution >= 0.6 is 0 Å². The summed E-state index contributed by atoms with van der Waals surface area (Å²) in [5.41, 5.74) is 1.20. The molecule has 2 fully saturated rings. The number of benzene rings is 1. The zero-order valence-corrected chi connectivity index (χ0v) is 19.4. The third-order valence-electron chi connectivity index (χ3n) is 7.13. The minimum atomic E-state index is -3.63. The molecule has 33 heavy (non-hydrogen) atoms. The maximum atomic E-state index is 13.3. The molecule has 2 aliphatic heterocycles. The minimum absolute atomic E-state index is 0.0544. The van der Waals surface area contributed by atoms with Crippen molar-refractivity contribution in [1.29, 1.82) is 0 Å². The van der Waals surface area contributed by atoms with Gasteiger partial charge in [0.05, 0.1) is 10.6 Å². The number of rotatable bonds is 4. The largest absolute Gasteiger partial charge is 0.335 e. The van der Waals surface area contributed by atoms with Gasteiger partial charge in [0.1, 0.15) is 0 Å². The van der Waals surface area contributed by atoms with Crippen LogP contribution in [0.4, 0.5) is 10.5 Å². The van der Waals surface area contributed by atoms with Gasteiger partial charge in [-0.05, 0) is 43.4 Å². The first-order valence-corrected chi connectivity index (χ1v) is 13.2. The third-order valence-corrected chi connectivity index (χ3v) is 8.97. The quantitative estimate of drug-likeness (QED) is 0.717. The number of urea groups is 1. The molecule has 1 saturated heterocycles. The van der Waals surface area contributed by atoms with Crippen LogP contribution in [0, 0.1) is 5.92 Å². The molecule has 1 aromatic carbocycles. The Hall–Kier alpha value is -2.65. The molecular weight excluding hydrogens is 440 g/mol. The van der Waals surface area contributed by atoms with E-state index in [0.717, 1.165) is 37.8 Å². The topological polar surface area (TPSA) is 101 Å². The number of aromatic nitrogens is 1. The van der Waals surface area contributed by atoms with Crippen molar-refractivity contribution in [3.05, 3.63) is 58.5 Å². The Morgan fingerprint density at radius 2 is 1.70 bits per heavy atom. The summed E-state index contributed by atoms with van der Waals surface area (Å²) < 4.78 is 29.8. The molecule has 176 valence electrons. The summed E-state index contributed by atoms with van der Waals surface area (Å²) in [6.07, 6.45) is 6.21. The molecule has 0 spiro atoms. The Labute approximate surface area is 194 Å². The number of nitrogens with zero attached hydrogens (tertiary/aromatic N) is 2. The van der Waals surface area contributed by atoms with Crippen molar-refractivity contribution >= 4 is 21.7 Å². The lowest BCUT2D eigenvalue weighted by Crippen LogP contribution is -2.49. The molecule has 2 N–H and O–H groups in total. The second kappa shape index (κ2) is 8.95. The highest BCUT2D eigenvalue weighted by Gasteiger charge is 2.40. The van der Waals surface area contributed by atoms with Gasteiger partial charge in [0, 0.05) is 43.4 Å². The van der Waals surface area contributed by atoms with Gasteiger partial charge in [0.25, 0.3) is 5.56 Å². The van der Waals surface area contributed by atoms with Crippen LogP contribution in [0.15, 0.2) is 52.2 Å². The molecule has 1 aromatic heterocycles. The number of piperidine rings is 1. The molecular formula is C24H30N4O4S. The van der Waals surface area contributed by atoms with E-state index in [9.17, 15) is 18.0 Å². The number of carbonyl (C=O) groups excluding carboxylic acids is 1. The van der Waals surface area contributed by atoms with Gasteiger partial charge in [0.2, 0.25) is 10.0 Å². The van der Waals surface area contributed by atoms with Crippen LogP contribution in [0.3, 0.4) is 0 Å². The van der Waals surface area contributed by atoms with Crippen LogP contribution < -0.4 is 16.2 Å². The van der Waals surface area contributed by atoms with Crippen LogP contribution in [-0.4, -0.2) is 42.5 Å². The molecule has 0 unspecified atom stereocenters. The van der Waals surface area contributed by atoms with Crippen molar-refractivity contribution in [2.45, 2.75) is 61.9 Å². The first kappa shape index (κ1) is 22.2. The average Bonchev–Trinajstić information content (AvgIpc) is 2.82. The Bertz CT molecular complexity index is 1190. The fraction of sp³-hybridized carbons (Fsp3) is 0.500. The predicted octanol–water partition coefficient (Wildman–Crippen LogP) is 3.11. The average molecular weight is 471 g/mol. The lowest BCUT2D eigenvalue weighted by Gasteiger charge is -2.42. The number of sulfonamides is 1. The summed E-state index contributed by atoms with van der Waals surface area (Å²) in [5, 5.41) is 6.01. The van der Waals surface area contributed by atoms with Gasteiger partial charge < -0.3 is 15.2 Å². The van der Waals surface area contributed by atoms with E-state index in [1.54, 1.807) is 41.0 Å². The monoisotopic (exact) mass is 470 g/mol. The van der Waals surface area contributed by atoms with Crippen LogP contribution in [0.1, 0.15) is 50.1 Å². The van der Waals surface area contributed by atoms with E-state index in [-0.39, 0.29) is 40.9 Å². The summed E-state index contributed by atoms with van der Waals surface area (Å²) in [4.78, 5) is 25.6. The van der Waals surface area contributed by atoms with Gasteiger partial charge in [-0.3, -0.25) is 4.79 Å². The first-order valence-electron chi connectivity index (χ1n) is 11.8. The van der Waals surface area contributed by atoms with Gasteiger partial charge in [-0.25, -0.2) is 13.2 Å². The maximum absolute atomic E-state index is 13.3. The van der Waals surface area contributed by atoms with E-state index in [4.69, 9.17) is 0 Å². The molecule has 0 radical (unpaired) electrons. The molecule has 2 bridgehead atoms. The van der Waals surface area contributed by atoms with Gasteiger partial charge in [-0.1, -0.05) is 37.5 Å². The first-order chi connectivity index (χ1) is 15.9. The summed E-state index contributed by atoms with van der Waals surface area (Å²) in [5.74, 6) is -0.103. The van der Waals surface area contributed by atoms with Crippen molar-refractivity contribution in [1.82, 2.24) is 14.2 Å². The van der Waals surface area contributed by atoms with Crippen molar-refractivity contribution in [2.24, 2.45) is 5.92 Å². The second-order valence-electron chi connectivity index (χ2n) is 9.45. The Balaban J connectivity index is 1.40. The zero-order valence-electron chi connectivity index (χ0n) is 18.6. The lowest BCUT2D eigenvalue weighted by atomic mass is 9.83. The Morgan fingerprint density at radius 3 is 2.45 bits per heavy atom. The van der Waals surface area contributed by atoms with E-state index in [2.05, 4.69) is 10.6 Å². The van der Waals surface area contributed by atoms with Gasteiger partial charge in [-0.15, -0.1) is 0 Å². The Kier molecular flexibility index (Phi) is 6.01. The molecule has 9 heteroatoms. The zero-order chi connectivity index (χ0) is 23.0. The SMILES string of the molecule is O=C(Nc1ccc(=O)n2c1[C@@H]1C[C@H](CN(S(=O)(=O)c3ccccc3)C1)C2)NC1CCCCC1. The van der Waals surface area contributed by atoms with Crippen LogP contribution in [0.2, 0.25) is 0 Å². The Morgan fingerprint density at radius 1 is 0.939 bits per heavy atom. The highest BCUT2D eigenvalue weighted by molar-refractivity contribution is 7.89. The van der Waals surface area contributed by atoms with Crippen LogP contribution in [0.5, 0.6) is 0 Å². The number of hydrogen-bond acceptors (Lipinski definition) is 4. The van der Waals surface area contributed by atoms with Gasteiger partial charge in [-0.2, -0.15) is 4.31 Å². The van der Waals surface area contributed by atoms with Crippen molar-refractivity contribution in [3.63, 3.8) is 0 Å². The lowest BCUT2D eigenvalue weighted by molar-refractivity contribution is 0.187. The molecule has 5 rings (SSSR count). The number of anilines is 1. The van der Waals surface area contributed by atoms with Crippen molar-refractivity contribution < 1.29 is 13.2 Å². The van der Waals surface area contributed by atoms with E-state index in [0.29, 0.717) is 18.8 Å². The third kappa shape index (κ3) is 4.44. The number of hydrogen-bond donors (Lipinski definition) is 2. The summed E-state index contributed by atoms with van der Waals surface area (Å²) in [6.45, 7) is 1.13.